The number of carbonyl (C=O) groups excluding carboxylic acids is 1. The fourth-order valence-electron chi connectivity index (χ4n) is 2.65. The standard InChI is InChI=1S/C16H22F2N2O3S.ClH/c1-16(6-8-19-9-7-16)11-20-14(21)13-4-2-12(3-5-13)10-24(22,23)15(17)18;/h2-5,15,19H,6-11H2,1H3,(H,20,21);1H. The Morgan fingerprint density at radius 2 is 1.80 bits per heavy atom. The van der Waals surface area contributed by atoms with Crippen LogP contribution in [-0.2, 0) is 15.6 Å². The minimum atomic E-state index is -4.46. The molecule has 0 atom stereocenters. The maximum Gasteiger partial charge on any atom is 0.337 e. The summed E-state index contributed by atoms with van der Waals surface area (Å²) in [5, 5.41) is 6.17. The average molecular weight is 397 g/mol. The van der Waals surface area contributed by atoms with Gasteiger partial charge in [0.1, 0.15) is 0 Å². The Bertz CT molecular complexity index is 675. The van der Waals surface area contributed by atoms with Gasteiger partial charge < -0.3 is 10.6 Å². The van der Waals surface area contributed by atoms with E-state index in [4.69, 9.17) is 0 Å². The summed E-state index contributed by atoms with van der Waals surface area (Å²) in [5.41, 5.74) is 0.675. The number of carbonyl (C=O) groups is 1. The highest BCUT2D eigenvalue weighted by Crippen LogP contribution is 2.26. The molecule has 5 nitrogen and oxygen atoms in total. The van der Waals surface area contributed by atoms with Crippen LogP contribution in [0.25, 0.3) is 0 Å². The van der Waals surface area contributed by atoms with Gasteiger partial charge in [-0.3, -0.25) is 4.79 Å². The minimum absolute atomic E-state index is 0. The van der Waals surface area contributed by atoms with E-state index in [9.17, 15) is 22.0 Å². The van der Waals surface area contributed by atoms with Gasteiger partial charge in [0.25, 0.3) is 5.91 Å². The predicted molar refractivity (Wildman–Crippen MR) is 94.9 cm³/mol. The lowest BCUT2D eigenvalue weighted by atomic mass is 9.81. The largest absolute Gasteiger partial charge is 0.351 e. The van der Waals surface area contributed by atoms with Crippen LogP contribution in [0.3, 0.4) is 0 Å². The van der Waals surface area contributed by atoms with Crippen LogP contribution >= 0.6 is 12.4 Å². The van der Waals surface area contributed by atoms with Gasteiger partial charge in [-0.25, -0.2) is 8.42 Å². The van der Waals surface area contributed by atoms with Crippen LogP contribution in [0.15, 0.2) is 24.3 Å². The summed E-state index contributed by atoms with van der Waals surface area (Å²) in [4.78, 5) is 12.2. The van der Waals surface area contributed by atoms with Crippen molar-refractivity contribution in [3.63, 3.8) is 0 Å². The van der Waals surface area contributed by atoms with Crippen LogP contribution in [0.4, 0.5) is 8.78 Å². The number of rotatable bonds is 6. The van der Waals surface area contributed by atoms with Crippen molar-refractivity contribution >= 4 is 28.2 Å². The summed E-state index contributed by atoms with van der Waals surface area (Å²) in [7, 11) is -4.46. The topological polar surface area (TPSA) is 75.3 Å². The summed E-state index contributed by atoms with van der Waals surface area (Å²) in [5.74, 6) is -4.39. The Morgan fingerprint density at radius 3 is 2.32 bits per heavy atom. The predicted octanol–water partition coefficient (Wildman–Crippen LogP) is 2.37. The molecule has 1 aliphatic rings. The highest BCUT2D eigenvalue weighted by atomic mass is 35.5. The number of nitrogens with one attached hydrogen (secondary N) is 2. The molecule has 0 radical (unpaired) electrons. The van der Waals surface area contributed by atoms with Gasteiger partial charge in [-0.1, -0.05) is 19.1 Å². The molecule has 1 heterocycles. The Morgan fingerprint density at radius 1 is 1.24 bits per heavy atom. The molecule has 0 saturated carbocycles. The van der Waals surface area contributed by atoms with Gasteiger partial charge in [0, 0.05) is 12.1 Å². The van der Waals surface area contributed by atoms with Crippen LogP contribution in [0, 0.1) is 5.41 Å². The molecule has 1 amide bonds. The van der Waals surface area contributed by atoms with E-state index in [0.717, 1.165) is 25.9 Å². The van der Waals surface area contributed by atoms with E-state index < -0.39 is 21.3 Å². The Kier molecular flexibility index (Phi) is 7.77. The van der Waals surface area contributed by atoms with E-state index in [-0.39, 0.29) is 29.3 Å². The van der Waals surface area contributed by atoms with Crippen molar-refractivity contribution < 1.29 is 22.0 Å². The molecule has 1 aliphatic heterocycles. The second-order valence-electron chi connectivity index (χ2n) is 6.51. The fraction of sp³-hybridized carbons (Fsp3) is 0.562. The molecule has 0 aromatic heterocycles. The number of piperidine rings is 1. The first-order valence-electron chi connectivity index (χ1n) is 7.79. The van der Waals surface area contributed by atoms with Crippen molar-refractivity contribution in [3.05, 3.63) is 35.4 Å². The first kappa shape index (κ1) is 21.8. The summed E-state index contributed by atoms with van der Waals surface area (Å²) in [6.07, 6.45) is 1.97. The second-order valence-corrected chi connectivity index (χ2v) is 8.48. The van der Waals surface area contributed by atoms with Crippen LogP contribution in [-0.4, -0.2) is 39.7 Å². The quantitative estimate of drug-likeness (QED) is 0.774. The number of alkyl halides is 2. The van der Waals surface area contributed by atoms with E-state index in [2.05, 4.69) is 17.6 Å². The summed E-state index contributed by atoms with van der Waals surface area (Å²) < 4.78 is 47.1. The zero-order valence-corrected chi connectivity index (χ0v) is 15.6. The van der Waals surface area contributed by atoms with Crippen molar-refractivity contribution in [3.8, 4) is 0 Å². The minimum Gasteiger partial charge on any atom is -0.351 e. The van der Waals surface area contributed by atoms with Crippen molar-refractivity contribution in [2.24, 2.45) is 5.41 Å². The zero-order valence-electron chi connectivity index (χ0n) is 13.9. The molecule has 1 aromatic rings. The van der Waals surface area contributed by atoms with E-state index in [1.54, 1.807) is 0 Å². The smallest absolute Gasteiger partial charge is 0.337 e. The molecule has 1 saturated heterocycles. The van der Waals surface area contributed by atoms with Crippen molar-refractivity contribution in [2.45, 2.75) is 31.3 Å². The van der Waals surface area contributed by atoms with E-state index >= 15 is 0 Å². The average Bonchev–Trinajstić information content (AvgIpc) is 2.53. The number of sulfone groups is 1. The van der Waals surface area contributed by atoms with Gasteiger partial charge in [0.2, 0.25) is 9.84 Å². The third-order valence-corrected chi connectivity index (χ3v) is 5.62. The molecule has 0 unspecified atom stereocenters. The van der Waals surface area contributed by atoms with Gasteiger partial charge in [0.05, 0.1) is 5.75 Å². The molecule has 142 valence electrons. The maximum absolute atomic E-state index is 12.4. The number of hydrogen-bond donors (Lipinski definition) is 2. The lowest BCUT2D eigenvalue weighted by Gasteiger charge is -2.34. The van der Waals surface area contributed by atoms with Crippen LogP contribution in [0.2, 0.25) is 0 Å². The molecule has 2 rings (SSSR count). The Balaban J connectivity index is 0.00000312. The maximum atomic E-state index is 12.4. The molecule has 2 N–H and O–H groups in total. The van der Waals surface area contributed by atoms with E-state index in [1.807, 2.05) is 0 Å². The number of amides is 1. The first-order valence-corrected chi connectivity index (χ1v) is 9.51. The van der Waals surface area contributed by atoms with Crippen molar-refractivity contribution in [1.82, 2.24) is 10.6 Å². The zero-order chi connectivity index (χ0) is 17.8. The molecular formula is C16H23ClF2N2O3S. The molecule has 1 fully saturated rings. The lowest BCUT2D eigenvalue weighted by molar-refractivity contribution is 0.0922. The van der Waals surface area contributed by atoms with Gasteiger partial charge in [-0.05, 0) is 49.0 Å². The molecular weight excluding hydrogens is 374 g/mol. The monoisotopic (exact) mass is 396 g/mol. The van der Waals surface area contributed by atoms with Crippen LogP contribution in [0.1, 0.15) is 35.7 Å². The van der Waals surface area contributed by atoms with E-state index in [1.165, 1.54) is 24.3 Å². The third kappa shape index (κ3) is 6.20. The molecule has 0 aliphatic carbocycles. The molecule has 0 bridgehead atoms. The van der Waals surface area contributed by atoms with E-state index in [0.29, 0.717) is 12.1 Å². The van der Waals surface area contributed by atoms with Crippen molar-refractivity contribution in [1.29, 1.82) is 0 Å². The third-order valence-electron chi connectivity index (χ3n) is 4.34. The highest BCUT2D eigenvalue weighted by molar-refractivity contribution is 7.90. The highest BCUT2D eigenvalue weighted by Gasteiger charge is 2.27. The number of hydrogen-bond acceptors (Lipinski definition) is 4. The van der Waals surface area contributed by atoms with Gasteiger partial charge in [-0.15, -0.1) is 12.4 Å². The van der Waals surface area contributed by atoms with Crippen LogP contribution in [0.5, 0.6) is 0 Å². The first-order chi connectivity index (χ1) is 11.2. The van der Waals surface area contributed by atoms with Gasteiger partial charge >= 0.3 is 5.76 Å². The summed E-state index contributed by atoms with van der Waals surface area (Å²) in [6, 6.07) is 5.69. The van der Waals surface area contributed by atoms with Gasteiger partial charge in [0.15, 0.2) is 0 Å². The molecule has 0 spiro atoms. The Labute approximate surface area is 152 Å². The summed E-state index contributed by atoms with van der Waals surface area (Å²) in [6.45, 7) is 4.56. The lowest BCUT2D eigenvalue weighted by Crippen LogP contribution is -2.42. The molecule has 1 aromatic carbocycles. The molecule has 25 heavy (non-hydrogen) atoms. The second kappa shape index (κ2) is 8.91. The number of halogens is 3. The van der Waals surface area contributed by atoms with Crippen LogP contribution < -0.4 is 10.6 Å². The fourth-order valence-corrected chi connectivity index (χ4v) is 3.43. The molecule has 9 heteroatoms. The van der Waals surface area contributed by atoms with Gasteiger partial charge in [-0.2, -0.15) is 8.78 Å². The SMILES string of the molecule is CC1(CNC(=O)c2ccc(CS(=O)(=O)C(F)F)cc2)CCNCC1.Cl. The normalized spacial score (nSPS) is 17.0. The van der Waals surface area contributed by atoms with Crippen molar-refractivity contribution in [2.75, 3.05) is 19.6 Å². The Hall–Kier alpha value is -1.25. The number of benzene rings is 1. The summed E-state index contributed by atoms with van der Waals surface area (Å²) >= 11 is 0.